The van der Waals surface area contributed by atoms with Gasteiger partial charge in [0.2, 0.25) is 10.0 Å². The molecule has 0 radical (unpaired) electrons. The fourth-order valence-corrected chi connectivity index (χ4v) is 3.29. The Balaban J connectivity index is 1.94. The third-order valence-corrected chi connectivity index (χ3v) is 4.84. The van der Waals surface area contributed by atoms with Crippen molar-refractivity contribution in [3.05, 3.63) is 0 Å². The molecule has 0 aromatic heterocycles. The molecule has 0 bridgehead atoms. The van der Waals surface area contributed by atoms with Crippen LogP contribution in [0.2, 0.25) is 0 Å². The van der Waals surface area contributed by atoms with Gasteiger partial charge in [0.1, 0.15) is 0 Å². The highest BCUT2D eigenvalue weighted by molar-refractivity contribution is 7.89. The van der Waals surface area contributed by atoms with Gasteiger partial charge in [-0.15, -0.1) is 0 Å². The smallest absolute Gasteiger partial charge is 0.212 e. The van der Waals surface area contributed by atoms with Crippen LogP contribution < -0.4 is 0 Å². The summed E-state index contributed by atoms with van der Waals surface area (Å²) in [5.74, 6) is 0.258. The van der Waals surface area contributed by atoms with E-state index in [2.05, 4.69) is 10.2 Å². The Morgan fingerprint density at radius 1 is 1.29 bits per heavy atom. The van der Waals surface area contributed by atoms with Gasteiger partial charge in [-0.3, -0.25) is 0 Å². The first kappa shape index (κ1) is 10.0. The first-order valence-corrected chi connectivity index (χ1v) is 6.61. The summed E-state index contributed by atoms with van der Waals surface area (Å²) in [6, 6.07) is 0. The van der Waals surface area contributed by atoms with Crippen LogP contribution in [0, 0.1) is 0 Å². The predicted molar refractivity (Wildman–Crippen MR) is 52.5 cm³/mol. The van der Waals surface area contributed by atoms with Crippen molar-refractivity contribution >= 4 is 10.0 Å². The van der Waals surface area contributed by atoms with Crippen molar-refractivity contribution in [2.24, 2.45) is 10.2 Å². The zero-order valence-electron chi connectivity index (χ0n) is 8.31. The zero-order chi connectivity index (χ0) is 10.2. The lowest BCUT2D eigenvalue weighted by molar-refractivity contribution is 0.295. The topological polar surface area (TPSA) is 62.1 Å². The second-order valence-electron chi connectivity index (χ2n) is 3.90. The number of hydrogen-bond acceptors (Lipinski definition) is 4. The molecule has 6 heteroatoms. The largest absolute Gasteiger partial charge is 0.214 e. The summed E-state index contributed by atoms with van der Waals surface area (Å²) < 4.78 is 24.9. The molecule has 1 saturated heterocycles. The van der Waals surface area contributed by atoms with Crippen LogP contribution in [0.15, 0.2) is 10.2 Å². The number of rotatable bonds is 3. The lowest BCUT2D eigenvalue weighted by Crippen LogP contribution is -2.42. The van der Waals surface area contributed by atoms with E-state index in [1.54, 1.807) is 4.31 Å². The molecule has 0 aromatic carbocycles. The van der Waals surface area contributed by atoms with Crippen LogP contribution in [0.3, 0.4) is 0 Å². The number of nitrogens with zero attached hydrogens (tertiary/aromatic N) is 3. The van der Waals surface area contributed by atoms with E-state index in [4.69, 9.17) is 0 Å². The number of hydrogen-bond donors (Lipinski definition) is 0. The van der Waals surface area contributed by atoms with Crippen LogP contribution in [-0.4, -0.2) is 37.2 Å². The van der Waals surface area contributed by atoms with E-state index < -0.39 is 10.0 Å². The molecule has 5 nitrogen and oxygen atoms in total. The first-order chi connectivity index (χ1) is 6.58. The van der Waals surface area contributed by atoms with E-state index in [1.165, 1.54) is 0 Å². The van der Waals surface area contributed by atoms with Crippen LogP contribution in [0.5, 0.6) is 0 Å². The molecule has 0 N–H and O–H groups in total. The minimum absolute atomic E-state index is 0.182. The minimum Gasteiger partial charge on any atom is -0.212 e. The second kappa shape index (κ2) is 3.27. The quantitative estimate of drug-likeness (QED) is 0.707. The van der Waals surface area contributed by atoms with E-state index in [9.17, 15) is 8.42 Å². The van der Waals surface area contributed by atoms with Gasteiger partial charge in [0.25, 0.3) is 0 Å². The van der Waals surface area contributed by atoms with Crippen molar-refractivity contribution in [3.63, 3.8) is 0 Å². The van der Waals surface area contributed by atoms with Gasteiger partial charge in [0.15, 0.2) is 5.66 Å². The maximum atomic E-state index is 11.7. The third kappa shape index (κ3) is 1.81. The fraction of sp³-hybridized carbons (Fsp3) is 1.00. The molecule has 2 rings (SSSR count). The van der Waals surface area contributed by atoms with Crippen LogP contribution in [0.25, 0.3) is 0 Å². The lowest BCUT2D eigenvalue weighted by Gasteiger charge is -2.28. The lowest BCUT2D eigenvalue weighted by atomic mass is 10.0. The Labute approximate surface area is 84.2 Å². The third-order valence-electron chi connectivity index (χ3n) is 2.76. The summed E-state index contributed by atoms with van der Waals surface area (Å²) in [6.07, 6.45) is 2.20. The zero-order valence-corrected chi connectivity index (χ0v) is 9.13. The number of piperidine rings is 1. The summed E-state index contributed by atoms with van der Waals surface area (Å²) in [5, 5.41) is 7.92. The van der Waals surface area contributed by atoms with Crippen molar-refractivity contribution in [1.82, 2.24) is 4.31 Å². The second-order valence-corrected chi connectivity index (χ2v) is 5.99. The molecular formula is C8H15N3O2S. The van der Waals surface area contributed by atoms with E-state index in [0.29, 0.717) is 19.5 Å². The molecule has 2 aliphatic rings. The molecule has 0 amide bonds. The van der Waals surface area contributed by atoms with Crippen molar-refractivity contribution in [1.29, 1.82) is 0 Å². The highest BCUT2D eigenvalue weighted by atomic mass is 32.2. The highest BCUT2D eigenvalue weighted by Crippen LogP contribution is 2.38. The van der Waals surface area contributed by atoms with Crippen molar-refractivity contribution in [3.8, 4) is 0 Å². The average Bonchev–Trinajstić information content (AvgIpc) is 2.86. The van der Waals surface area contributed by atoms with E-state index >= 15 is 0 Å². The van der Waals surface area contributed by atoms with Crippen molar-refractivity contribution < 1.29 is 8.42 Å². The van der Waals surface area contributed by atoms with Gasteiger partial charge in [-0.2, -0.15) is 10.2 Å². The molecule has 0 unspecified atom stereocenters. The van der Waals surface area contributed by atoms with Gasteiger partial charge in [0, 0.05) is 25.9 Å². The normalized spacial score (nSPS) is 25.5. The van der Waals surface area contributed by atoms with Gasteiger partial charge in [-0.05, 0) is 6.42 Å². The molecule has 0 aliphatic carbocycles. The van der Waals surface area contributed by atoms with Crippen LogP contribution in [0.1, 0.15) is 26.2 Å². The Morgan fingerprint density at radius 2 is 1.86 bits per heavy atom. The fourth-order valence-electron chi connectivity index (χ4n) is 1.78. The van der Waals surface area contributed by atoms with Crippen molar-refractivity contribution in [2.75, 3.05) is 18.8 Å². The summed E-state index contributed by atoms with van der Waals surface area (Å²) in [7, 11) is -3.01. The van der Waals surface area contributed by atoms with E-state index in [0.717, 1.165) is 12.8 Å². The molecule has 2 heterocycles. The highest BCUT2D eigenvalue weighted by Gasteiger charge is 2.44. The van der Waals surface area contributed by atoms with Gasteiger partial charge in [-0.25, -0.2) is 12.7 Å². The number of sulfonamides is 1. The minimum atomic E-state index is -3.01. The summed E-state index contributed by atoms with van der Waals surface area (Å²) >= 11 is 0. The summed E-state index contributed by atoms with van der Waals surface area (Å²) in [5.41, 5.74) is -0.182. The SMILES string of the molecule is CCCS(=O)(=O)N1CCC2(CC1)N=N2. The Hall–Kier alpha value is -0.490. The molecule has 0 saturated carbocycles. The van der Waals surface area contributed by atoms with Gasteiger partial charge < -0.3 is 0 Å². The average molecular weight is 217 g/mol. The van der Waals surface area contributed by atoms with Gasteiger partial charge >= 0.3 is 0 Å². The van der Waals surface area contributed by atoms with E-state index in [-0.39, 0.29) is 11.4 Å². The molecule has 1 spiro atoms. The Kier molecular flexibility index (Phi) is 2.35. The van der Waals surface area contributed by atoms with Crippen LogP contribution in [-0.2, 0) is 10.0 Å². The molecule has 14 heavy (non-hydrogen) atoms. The van der Waals surface area contributed by atoms with Crippen molar-refractivity contribution in [2.45, 2.75) is 31.8 Å². The Bertz CT molecular complexity index is 334. The maximum absolute atomic E-state index is 11.7. The van der Waals surface area contributed by atoms with Gasteiger partial charge in [0.05, 0.1) is 5.75 Å². The summed E-state index contributed by atoms with van der Waals surface area (Å²) in [4.78, 5) is 0. The molecule has 2 aliphatic heterocycles. The molecule has 80 valence electrons. The first-order valence-electron chi connectivity index (χ1n) is 5.00. The maximum Gasteiger partial charge on any atom is 0.214 e. The molecule has 0 atom stereocenters. The van der Waals surface area contributed by atoms with Crippen LogP contribution in [0.4, 0.5) is 0 Å². The predicted octanol–water partition coefficient (Wildman–Crippen LogP) is 0.984. The molecular weight excluding hydrogens is 202 g/mol. The Morgan fingerprint density at radius 3 is 2.29 bits per heavy atom. The monoisotopic (exact) mass is 217 g/mol. The standard InChI is InChI=1S/C8H15N3O2S/c1-2-7-14(12,13)11-5-3-8(4-6-11)9-10-8/h2-7H2,1H3. The van der Waals surface area contributed by atoms with Gasteiger partial charge in [-0.1, -0.05) is 6.92 Å². The molecule has 0 aromatic rings. The van der Waals surface area contributed by atoms with E-state index in [1.807, 2.05) is 6.92 Å². The summed E-state index contributed by atoms with van der Waals surface area (Å²) in [6.45, 7) is 3.04. The van der Waals surface area contributed by atoms with Crippen LogP contribution >= 0.6 is 0 Å². The molecule has 1 fully saturated rings.